The van der Waals surface area contributed by atoms with Gasteiger partial charge in [-0.2, -0.15) is 0 Å². The number of aryl methyl sites for hydroxylation is 1. The van der Waals surface area contributed by atoms with Crippen molar-refractivity contribution in [2.75, 3.05) is 13.7 Å². The predicted molar refractivity (Wildman–Crippen MR) is 85.0 cm³/mol. The normalized spacial score (nSPS) is 20.0. The second-order valence-corrected chi connectivity index (χ2v) is 6.17. The van der Waals surface area contributed by atoms with Crippen LogP contribution in [-0.2, 0) is 4.74 Å². The van der Waals surface area contributed by atoms with Crippen molar-refractivity contribution in [3.05, 3.63) is 35.1 Å². The zero-order valence-corrected chi connectivity index (χ0v) is 13.5. The zero-order chi connectivity index (χ0) is 15.3. The van der Waals surface area contributed by atoms with Gasteiger partial charge < -0.3 is 10.1 Å². The van der Waals surface area contributed by atoms with E-state index in [0.717, 1.165) is 24.9 Å². The summed E-state index contributed by atoms with van der Waals surface area (Å²) < 4.78 is 19.5. The molecule has 3 heteroatoms. The lowest BCUT2D eigenvalue weighted by atomic mass is 9.80. The van der Waals surface area contributed by atoms with Crippen LogP contribution in [-0.4, -0.2) is 19.3 Å². The molecule has 0 aliphatic heterocycles. The summed E-state index contributed by atoms with van der Waals surface area (Å²) in [6, 6.07) is 5.24. The fourth-order valence-electron chi connectivity index (χ4n) is 3.68. The number of hydrogen-bond acceptors (Lipinski definition) is 2. The highest BCUT2D eigenvalue weighted by atomic mass is 19.1. The summed E-state index contributed by atoms with van der Waals surface area (Å²) >= 11 is 0. The number of nitrogens with one attached hydrogen (secondary N) is 1. The maximum atomic E-state index is 13.4. The molecule has 1 atom stereocenters. The highest BCUT2D eigenvalue weighted by molar-refractivity contribution is 5.32. The standard InChI is InChI=1S/C18H28FNO/c1-4-20-17(16-10-9-15(19)13-14(16)2)18(21-3)11-7-5-6-8-12-18/h9-10,13,17,20H,4-8,11-12H2,1-3H3. The summed E-state index contributed by atoms with van der Waals surface area (Å²) in [6.07, 6.45) is 7.11. The molecule has 0 spiro atoms. The molecule has 21 heavy (non-hydrogen) atoms. The Labute approximate surface area is 128 Å². The largest absolute Gasteiger partial charge is 0.376 e. The van der Waals surface area contributed by atoms with E-state index in [1.807, 2.05) is 20.1 Å². The van der Waals surface area contributed by atoms with Crippen molar-refractivity contribution in [2.45, 2.75) is 64.0 Å². The topological polar surface area (TPSA) is 21.3 Å². The Hall–Kier alpha value is -0.930. The molecule has 0 bridgehead atoms. The van der Waals surface area contributed by atoms with Crippen molar-refractivity contribution in [1.29, 1.82) is 0 Å². The van der Waals surface area contributed by atoms with E-state index in [4.69, 9.17) is 4.74 Å². The van der Waals surface area contributed by atoms with Crippen LogP contribution >= 0.6 is 0 Å². The van der Waals surface area contributed by atoms with Gasteiger partial charge in [0, 0.05) is 7.11 Å². The Bertz CT molecular complexity index is 453. The van der Waals surface area contributed by atoms with Crippen LogP contribution < -0.4 is 5.32 Å². The molecule has 0 aromatic heterocycles. The molecule has 0 heterocycles. The molecule has 1 aliphatic carbocycles. The quantitative estimate of drug-likeness (QED) is 0.806. The van der Waals surface area contributed by atoms with Gasteiger partial charge in [-0.15, -0.1) is 0 Å². The van der Waals surface area contributed by atoms with Crippen LogP contribution in [0.2, 0.25) is 0 Å². The Morgan fingerprint density at radius 1 is 1.24 bits per heavy atom. The lowest BCUT2D eigenvalue weighted by Gasteiger charge is -2.40. The first kappa shape index (κ1) is 16.4. The smallest absolute Gasteiger partial charge is 0.123 e. The molecule has 1 N–H and O–H groups in total. The Balaban J connectivity index is 2.39. The SMILES string of the molecule is CCNC(c1ccc(F)cc1C)C1(OC)CCCCCC1. The lowest BCUT2D eigenvalue weighted by molar-refractivity contribution is -0.0538. The van der Waals surface area contributed by atoms with Gasteiger partial charge in [-0.05, 0) is 49.6 Å². The molecule has 0 radical (unpaired) electrons. The van der Waals surface area contributed by atoms with Gasteiger partial charge >= 0.3 is 0 Å². The average molecular weight is 293 g/mol. The van der Waals surface area contributed by atoms with E-state index >= 15 is 0 Å². The van der Waals surface area contributed by atoms with E-state index < -0.39 is 0 Å². The van der Waals surface area contributed by atoms with Crippen molar-refractivity contribution in [1.82, 2.24) is 5.32 Å². The fraction of sp³-hybridized carbons (Fsp3) is 0.667. The minimum absolute atomic E-state index is 0.131. The van der Waals surface area contributed by atoms with Crippen molar-refractivity contribution in [3.63, 3.8) is 0 Å². The first-order valence-corrected chi connectivity index (χ1v) is 8.17. The van der Waals surface area contributed by atoms with Gasteiger partial charge in [-0.3, -0.25) is 0 Å². The fourth-order valence-corrected chi connectivity index (χ4v) is 3.68. The number of hydrogen-bond donors (Lipinski definition) is 1. The van der Waals surface area contributed by atoms with Crippen LogP contribution in [0.1, 0.15) is 62.6 Å². The van der Waals surface area contributed by atoms with Gasteiger partial charge in [-0.25, -0.2) is 4.39 Å². The maximum absolute atomic E-state index is 13.4. The van der Waals surface area contributed by atoms with Crippen LogP contribution in [0.4, 0.5) is 4.39 Å². The van der Waals surface area contributed by atoms with Crippen molar-refractivity contribution in [2.24, 2.45) is 0 Å². The van der Waals surface area contributed by atoms with E-state index in [0.29, 0.717) is 0 Å². The summed E-state index contributed by atoms with van der Waals surface area (Å²) in [6.45, 7) is 4.99. The molecule has 1 fully saturated rings. The first-order chi connectivity index (χ1) is 10.1. The van der Waals surface area contributed by atoms with Gasteiger partial charge in [0.15, 0.2) is 0 Å². The number of halogens is 1. The molecule has 118 valence electrons. The average Bonchev–Trinajstić information content (AvgIpc) is 2.72. The molecule has 2 nitrogen and oxygen atoms in total. The molecular formula is C18H28FNO. The first-order valence-electron chi connectivity index (χ1n) is 8.17. The third-order valence-corrected chi connectivity index (χ3v) is 4.83. The number of ether oxygens (including phenoxy) is 1. The monoisotopic (exact) mass is 293 g/mol. The van der Waals surface area contributed by atoms with Crippen LogP contribution in [0, 0.1) is 12.7 Å². The van der Waals surface area contributed by atoms with Crippen molar-refractivity contribution in [3.8, 4) is 0 Å². The zero-order valence-electron chi connectivity index (χ0n) is 13.5. The summed E-state index contributed by atoms with van der Waals surface area (Å²) in [5.74, 6) is -0.168. The highest BCUT2D eigenvalue weighted by Crippen LogP contribution is 2.41. The molecular weight excluding hydrogens is 265 g/mol. The minimum atomic E-state index is -0.172. The van der Waals surface area contributed by atoms with Crippen LogP contribution in [0.15, 0.2) is 18.2 Å². The van der Waals surface area contributed by atoms with Gasteiger partial charge in [0.2, 0.25) is 0 Å². The molecule has 1 aromatic rings. The van der Waals surface area contributed by atoms with Gasteiger partial charge in [-0.1, -0.05) is 38.7 Å². The van der Waals surface area contributed by atoms with Gasteiger partial charge in [0.25, 0.3) is 0 Å². The van der Waals surface area contributed by atoms with Crippen LogP contribution in [0.25, 0.3) is 0 Å². The number of benzene rings is 1. The maximum Gasteiger partial charge on any atom is 0.123 e. The number of methoxy groups -OCH3 is 1. The Morgan fingerprint density at radius 2 is 1.90 bits per heavy atom. The summed E-state index contributed by atoms with van der Waals surface area (Å²) in [5, 5.41) is 3.60. The van der Waals surface area contributed by atoms with Gasteiger partial charge in [0.05, 0.1) is 11.6 Å². The molecule has 2 rings (SSSR count). The van der Waals surface area contributed by atoms with Crippen molar-refractivity contribution >= 4 is 0 Å². The molecule has 1 saturated carbocycles. The van der Waals surface area contributed by atoms with Crippen LogP contribution in [0.3, 0.4) is 0 Å². The molecule has 1 unspecified atom stereocenters. The summed E-state index contributed by atoms with van der Waals surface area (Å²) in [7, 11) is 1.83. The van der Waals surface area contributed by atoms with Crippen LogP contribution in [0.5, 0.6) is 0 Å². The van der Waals surface area contributed by atoms with E-state index in [-0.39, 0.29) is 17.5 Å². The van der Waals surface area contributed by atoms with E-state index in [1.165, 1.54) is 31.2 Å². The minimum Gasteiger partial charge on any atom is -0.376 e. The number of rotatable bonds is 5. The molecule has 0 amide bonds. The Morgan fingerprint density at radius 3 is 2.43 bits per heavy atom. The third-order valence-electron chi connectivity index (χ3n) is 4.83. The second-order valence-electron chi connectivity index (χ2n) is 6.17. The van der Waals surface area contributed by atoms with Gasteiger partial charge in [0.1, 0.15) is 5.82 Å². The molecule has 1 aliphatic rings. The van der Waals surface area contributed by atoms with E-state index in [2.05, 4.69) is 12.2 Å². The molecule has 1 aromatic carbocycles. The third kappa shape index (κ3) is 3.64. The van der Waals surface area contributed by atoms with Crippen molar-refractivity contribution < 1.29 is 9.13 Å². The number of likely N-dealkylation sites (N-methyl/N-ethyl adjacent to an activating group) is 1. The Kier molecular flexibility index (Phi) is 5.77. The van der Waals surface area contributed by atoms with E-state index in [9.17, 15) is 4.39 Å². The summed E-state index contributed by atoms with van der Waals surface area (Å²) in [5.41, 5.74) is 2.00. The summed E-state index contributed by atoms with van der Waals surface area (Å²) in [4.78, 5) is 0. The highest BCUT2D eigenvalue weighted by Gasteiger charge is 2.40. The second kappa shape index (κ2) is 7.37. The predicted octanol–water partition coefficient (Wildman–Crippen LogP) is 4.52. The molecule has 0 saturated heterocycles. The van der Waals surface area contributed by atoms with E-state index in [1.54, 1.807) is 12.1 Å². The lowest BCUT2D eigenvalue weighted by Crippen LogP contribution is -2.45.